The number of hydrogen-bond donors (Lipinski definition) is 2. The first kappa shape index (κ1) is 29.2. The van der Waals surface area contributed by atoms with Gasteiger partial charge in [-0.1, -0.05) is 13.8 Å². The number of primary amides is 1. The van der Waals surface area contributed by atoms with E-state index in [2.05, 4.69) is 15.0 Å². The second-order valence-electron chi connectivity index (χ2n) is 9.54. The minimum Gasteiger partial charge on any atom is -0.478 e. The number of thiazole rings is 1. The molecule has 2 aromatic heterocycles. The lowest BCUT2D eigenvalue weighted by Crippen LogP contribution is -2.56. The topological polar surface area (TPSA) is 160 Å². The van der Waals surface area contributed by atoms with Crippen LogP contribution in [0.25, 0.3) is 10.6 Å². The zero-order valence-corrected chi connectivity index (χ0v) is 23.1. The average molecular weight is 599 g/mol. The lowest BCUT2D eigenvalue weighted by molar-refractivity contribution is -0.141. The molecule has 11 nitrogen and oxygen atoms in total. The number of carboxylic acids is 1. The molecular formula is C24H25F3N6O5S2. The summed E-state index contributed by atoms with van der Waals surface area (Å²) >= 11 is 1.08. The Balaban J connectivity index is 1.68. The summed E-state index contributed by atoms with van der Waals surface area (Å²) < 4.78 is 66.1. The van der Waals surface area contributed by atoms with Gasteiger partial charge in [-0.15, -0.1) is 11.3 Å². The van der Waals surface area contributed by atoms with E-state index in [4.69, 9.17) is 10.8 Å². The number of nitrogens with two attached hydrogens (primary N) is 1. The monoisotopic (exact) mass is 598 g/mol. The molecule has 3 aromatic rings. The van der Waals surface area contributed by atoms with Crippen molar-refractivity contribution in [3.63, 3.8) is 0 Å². The summed E-state index contributed by atoms with van der Waals surface area (Å²) in [6.45, 7) is 4.54. The van der Waals surface area contributed by atoms with E-state index in [9.17, 15) is 31.2 Å². The number of carbonyl (C=O) groups is 2. The molecule has 214 valence electrons. The molecule has 1 aliphatic heterocycles. The average Bonchev–Trinajstić information content (AvgIpc) is 3.37. The van der Waals surface area contributed by atoms with Crippen LogP contribution in [0.1, 0.15) is 40.4 Å². The molecule has 4 rings (SSSR count). The Hall–Kier alpha value is -3.79. The third kappa shape index (κ3) is 5.86. The molecule has 0 spiro atoms. The second-order valence-corrected chi connectivity index (χ2v) is 12.4. The number of sulfone groups is 1. The molecule has 1 fully saturated rings. The van der Waals surface area contributed by atoms with Crippen LogP contribution >= 0.6 is 11.3 Å². The van der Waals surface area contributed by atoms with Crippen LogP contribution in [-0.2, 0) is 16.0 Å². The molecule has 0 radical (unpaired) electrons. The number of aromatic nitrogens is 3. The molecule has 16 heteroatoms. The maximum Gasteiger partial charge on any atom is 0.434 e. The zero-order valence-electron chi connectivity index (χ0n) is 21.5. The summed E-state index contributed by atoms with van der Waals surface area (Å²) in [5.74, 6) is -2.84. The lowest BCUT2D eigenvalue weighted by Gasteiger charge is -2.44. The molecule has 1 aromatic carbocycles. The first-order chi connectivity index (χ1) is 18.6. The van der Waals surface area contributed by atoms with Crippen molar-refractivity contribution >= 4 is 44.7 Å². The summed E-state index contributed by atoms with van der Waals surface area (Å²) in [5.41, 5.74) is 3.62. The number of piperazine rings is 1. The summed E-state index contributed by atoms with van der Waals surface area (Å²) in [6.07, 6.45) is -3.26. The van der Waals surface area contributed by atoms with Crippen LogP contribution in [0.3, 0.4) is 0 Å². The minimum absolute atomic E-state index is 0.00121. The fourth-order valence-electron chi connectivity index (χ4n) is 4.45. The number of carbonyl (C=O) groups excluding carboxylic acids is 1. The Labute approximate surface area is 231 Å². The normalized spacial score (nSPS) is 16.4. The first-order valence-electron chi connectivity index (χ1n) is 11.9. The number of rotatable bonds is 7. The number of hydrogen-bond acceptors (Lipinski definition) is 10. The van der Waals surface area contributed by atoms with Crippen LogP contribution in [0.4, 0.5) is 24.8 Å². The van der Waals surface area contributed by atoms with Crippen molar-refractivity contribution in [3.05, 3.63) is 46.7 Å². The van der Waals surface area contributed by atoms with Gasteiger partial charge in [0, 0.05) is 48.7 Å². The standard InChI is InChI=1S/C24H25F3N6O5S2/c1-12(2)17-10-32(6-7-33(17)23-29-9-15(22(35)36)19(31-23)24(25,26)27)13-4-5-14(18(8-13)40(3,37)38)21-30-16(11-39-21)20(28)34/h4-5,8-9,11-12,17H,6-7,10H2,1-3H3,(H2,28,34)(H,35,36)/t17-/m0/s1. The number of anilines is 2. The third-order valence-electron chi connectivity index (χ3n) is 6.44. The van der Waals surface area contributed by atoms with Gasteiger partial charge in [0.2, 0.25) is 5.95 Å². The number of amides is 1. The molecule has 40 heavy (non-hydrogen) atoms. The summed E-state index contributed by atoms with van der Waals surface area (Å²) in [5, 5.41) is 10.9. The molecule has 0 bridgehead atoms. The largest absolute Gasteiger partial charge is 0.478 e. The predicted octanol–water partition coefficient (Wildman–Crippen LogP) is 3.17. The molecule has 1 aliphatic rings. The maximum atomic E-state index is 13.6. The van der Waals surface area contributed by atoms with Crippen molar-refractivity contribution < 1.29 is 36.3 Å². The van der Waals surface area contributed by atoms with Gasteiger partial charge in [0.1, 0.15) is 16.3 Å². The SMILES string of the molecule is CC(C)[C@@H]1CN(c2ccc(-c3nc(C(N)=O)cs3)c(S(C)(=O)=O)c2)CCN1c1ncc(C(=O)O)c(C(F)(F)F)n1. The maximum absolute atomic E-state index is 13.6. The fraction of sp³-hybridized carbons (Fsp3) is 0.375. The van der Waals surface area contributed by atoms with Gasteiger partial charge in [-0.2, -0.15) is 13.2 Å². The van der Waals surface area contributed by atoms with Gasteiger partial charge >= 0.3 is 12.1 Å². The van der Waals surface area contributed by atoms with E-state index in [1.165, 1.54) is 11.4 Å². The summed E-state index contributed by atoms with van der Waals surface area (Å²) in [7, 11) is -3.73. The molecule has 1 amide bonds. The van der Waals surface area contributed by atoms with Crippen molar-refractivity contribution in [2.24, 2.45) is 11.7 Å². The van der Waals surface area contributed by atoms with Crippen LogP contribution < -0.4 is 15.5 Å². The van der Waals surface area contributed by atoms with E-state index in [1.807, 2.05) is 18.7 Å². The highest BCUT2D eigenvalue weighted by Gasteiger charge is 2.40. The molecule has 3 N–H and O–H groups in total. The highest BCUT2D eigenvalue weighted by atomic mass is 32.2. The number of nitrogens with zero attached hydrogens (tertiary/aromatic N) is 5. The van der Waals surface area contributed by atoms with E-state index in [1.54, 1.807) is 17.0 Å². The summed E-state index contributed by atoms with van der Waals surface area (Å²) in [6, 6.07) is 4.42. The Morgan fingerprint density at radius 1 is 1.20 bits per heavy atom. The van der Waals surface area contributed by atoms with Crippen LogP contribution in [0.15, 0.2) is 34.7 Å². The Bertz CT molecular complexity index is 1580. The van der Waals surface area contributed by atoms with Gasteiger partial charge in [-0.3, -0.25) is 4.79 Å². The minimum atomic E-state index is -4.99. The van der Waals surface area contributed by atoms with Crippen LogP contribution in [0.5, 0.6) is 0 Å². The molecule has 3 heterocycles. The van der Waals surface area contributed by atoms with Gasteiger partial charge in [-0.05, 0) is 24.1 Å². The number of alkyl halides is 3. The van der Waals surface area contributed by atoms with E-state index in [-0.39, 0.29) is 35.0 Å². The van der Waals surface area contributed by atoms with Crippen molar-refractivity contribution in [1.82, 2.24) is 15.0 Å². The van der Waals surface area contributed by atoms with Crippen molar-refractivity contribution in [2.45, 2.75) is 31.0 Å². The van der Waals surface area contributed by atoms with Crippen LogP contribution in [0, 0.1) is 5.92 Å². The van der Waals surface area contributed by atoms with Crippen molar-refractivity contribution in [1.29, 1.82) is 0 Å². The Morgan fingerprint density at radius 3 is 2.45 bits per heavy atom. The van der Waals surface area contributed by atoms with E-state index in [0.717, 1.165) is 17.6 Å². The number of carboxylic acid groups (broad SMARTS) is 1. The molecular weight excluding hydrogens is 573 g/mol. The highest BCUT2D eigenvalue weighted by molar-refractivity contribution is 7.90. The lowest BCUT2D eigenvalue weighted by atomic mass is 9.99. The van der Waals surface area contributed by atoms with E-state index in [0.29, 0.717) is 35.5 Å². The van der Waals surface area contributed by atoms with Gasteiger partial charge in [-0.25, -0.2) is 28.2 Å². The smallest absolute Gasteiger partial charge is 0.434 e. The Kier molecular flexibility index (Phi) is 7.77. The molecule has 0 aliphatic carbocycles. The van der Waals surface area contributed by atoms with Gasteiger partial charge < -0.3 is 20.6 Å². The third-order valence-corrected chi connectivity index (χ3v) is 8.45. The van der Waals surface area contributed by atoms with E-state index < -0.39 is 39.1 Å². The molecule has 0 saturated carbocycles. The van der Waals surface area contributed by atoms with E-state index >= 15 is 0 Å². The zero-order chi connectivity index (χ0) is 29.6. The van der Waals surface area contributed by atoms with Gasteiger partial charge in [0.15, 0.2) is 15.5 Å². The second kappa shape index (κ2) is 10.6. The number of halogens is 3. The van der Waals surface area contributed by atoms with Crippen LogP contribution in [-0.4, -0.2) is 72.3 Å². The van der Waals surface area contributed by atoms with Crippen molar-refractivity contribution in [2.75, 3.05) is 35.7 Å². The molecule has 1 saturated heterocycles. The first-order valence-corrected chi connectivity index (χ1v) is 14.6. The predicted molar refractivity (Wildman–Crippen MR) is 141 cm³/mol. The van der Waals surface area contributed by atoms with Crippen molar-refractivity contribution in [3.8, 4) is 10.6 Å². The molecule has 0 unspecified atom stereocenters. The summed E-state index contributed by atoms with van der Waals surface area (Å²) in [4.78, 5) is 38.0. The highest BCUT2D eigenvalue weighted by Crippen LogP contribution is 2.36. The van der Waals surface area contributed by atoms with Gasteiger partial charge in [0.25, 0.3) is 5.91 Å². The quantitative estimate of drug-likeness (QED) is 0.414. The van der Waals surface area contributed by atoms with Crippen LogP contribution in [0.2, 0.25) is 0 Å². The number of aromatic carboxylic acids is 1. The fourth-order valence-corrected chi connectivity index (χ4v) is 6.26. The number of benzene rings is 1. The van der Waals surface area contributed by atoms with Gasteiger partial charge in [0.05, 0.1) is 10.9 Å². The Morgan fingerprint density at radius 2 is 1.90 bits per heavy atom. The molecule has 1 atom stereocenters.